The van der Waals surface area contributed by atoms with Gasteiger partial charge in [-0.1, -0.05) is 19.4 Å². The summed E-state index contributed by atoms with van der Waals surface area (Å²) in [6.45, 7) is 8.31. The van der Waals surface area contributed by atoms with Gasteiger partial charge in [0.2, 0.25) is 0 Å². The van der Waals surface area contributed by atoms with Crippen molar-refractivity contribution >= 4 is 45.6 Å². The number of ether oxygens (including phenoxy) is 2. The van der Waals surface area contributed by atoms with Crippen LogP contribution >= 0.6 is 15.9 Å². The Bertz CT molecular complexity index is 1070. The Morgan fingerprint density at radius 1 is 1.00 bits per heavy atom. The second-order valence-electron chi connectivity index (χ2n) is 7.78. The Morgan fingerprint density at radius 3 is 2.37 bits per heavy atom. The van der Waals surface area contributed by atoms with Gasteiger partial charge in [0, 0.05) is 12.2 Å². The molecule has 35 heavy (non-hydrogen) atoms. The molecule has 3 N–H and O–H groups in total. The second-order valence-corrected chi connectivity index (χ2v) is 8.64. The smallest absolute Gasteiger partial charge is 0.329 e. The molecule has 0 saturated heterocycles. The molecule has 0 radical (unpaired) electrons. The topological polar surface area (TPSA) is 118 Å². The molecule has 9 nitrogen and oxygen atoms in total. The van der Waals surface area contributed by atoms with Crippen LogP contribution in [0.1, 0.15) is 43.4 Å². The summed E-state index contributed by atoms with van der Waals surface area (Å²) in [6.07, 6.45) is 3.08. The second kappa shape index (κ2) is 14.1. The van der Waals surface area contributed by atoms with E-state index in [1.807, 2.05) is 45.9 Å². The van der Waals surface area contributed by atoms with Crippen molar-refractivity contribution in [2.24, 2.45) is 5.10 Å². The van der Waals surface area contributed by atoms with Gasteiger partial charge in [0.05, 0.1) is 17.3 Å². The van der Waals surface area contributed by atoms with Gasteiger partial charge in [-0.25, -0.2) is 5.43 Å². The Kier molecular flexibility index (Phi) is 11.2. The number of amides is 3. The predicted octanol–water partition coefficient (Wildman–Crippen LogP) is 3.85. The zero-order valence-corrected chi connectivity index (χ0v) is 22.0. The summed E-state index contributed by atoms with van der Waals surface area (Å²) < 4.78 is 11.9. The molecule has 0 fully saturated rings. The molecule has 0 aliphatic rings. The number of benzene rings is 2. The molecular weight excluding hydrogens is 516 g/mol. The standard InChI is InChI=1S/C25H31BrN4O5/c1-5-7-8-27-24(32)25(33)30-28-14-18-12-20(26)23(21(13-18)34-6-2)35-15-22(31)29-19-10-16(3)9-17(4)11-19/h9-14H,5-8,15H2,1-4H3,(H,27,32)(H,29,31)(H,30,33)/b28-14-. The summed E-state index contributed by atoms with van der Waals surface area (Å²) >= 11 is 3.43. The molecule has 3 amide bonds. The van der Waals surface area contributed by atoms with Gasteiger partial charge in [-0.05, 0) is 84.1 Å². The lowest BCUT2D eigenvalue weighted by molar-refractivity contribution is -0.139. The number of nitrogens with one attached hydrogen (secondary N) is 3. The van der Waals surface area contributed by atoms with Gasteiger partial charge in [-0.3, -0.25) is 14.4 Å². The lowest BCUT2D eigenvalue weighted by Gasteiger charge is -2.15. The van der Waals surface area contributed by atoms with Crippen molar-refractivity contribution in [1.82, 2.24) is 10.7 Å². The van der Waals surface area contributed by atoms with Crippen molar-refractivity contribution in [2.45, 2.75) is 40.5 Å². The Morgan fingerprint density at radius 2 is 1.71 bits per heavy atom. The van der Waals surface area contributed by atoms with Crippen LogP contribution in [0, 0.1) is 13.8 Å². The van der Waals surface area contributed by atoms with Crippen molar-refractivity contribution in [2.75, 3.05) is 25.1 Å². The maximum atomic E-state index is 12.4. The normalized spacial score (nSPS) is 10.7. The molecule has 0 spiro atoms. The Labute approximate surface area is 213 Å². The van der Waals surface area contributed by atoms with E-state index in [0.29, 0.717) is 40.4 Å². The van der Waals surface area contributed by atoms with Crippen LogP contribution in [-0.2, 0) is 14.4 Å². The summed E-state index contributed by atoms with van der Waals surface area (Å²) in [5, 5.41) is 9.17. The monoisotopic (exact) mass is 546 g/mol. The maximum absolute atomic E-state index is 12.4. The van der Waals surface area contributed by atoms with Crippen LogP contribution in [0.25, 0.3) is 0 Å². The van der Waals surface area contributed by atoms with Crippen LogP contribution in [0.4, 0.5) is 5.69 Å². The highest BCUT2D eigenvalue weighted by Crippen LogP contribution is 2.36. The Balaban J connectivity index is 2.02. The number of carbonyl (C=O) groups excluding carboxylic acids is 3. The van der Waals surface area contributed by atoms with Crippen molar-refractivity contribution in [1.29, 1.82) is 0 Å². The van der Waals surface area contributed by atoms with Crippen LogP contribution in [0.5, 0.6) is 11.5 Å². The molecule has 10 heteroatoms. The summed E-state index contributed by atoms with van der Waals surface area (Å²) in [6, 6.07) is 9.14. The van der Waals surface area contributed by atoms with E-state index in [1.54, 1.807) is 12.1 Å². The van der Waals surface area contributed by atoms with Crippen LogP contribution < -0.4 is 25.5 Å². The number of unbranched alkanes of at least 4 members (excludes halogenated alkanes) is 1. The third-order valence-corrected chi connectivity index (χ3v) is 5.18. The van der Waals surface area contributed by atoms with Gasteiger partial charge in [0.25, 0.3) is 5.91 Å². The highest BCUT2D eigenvalue weighted by Gasteiger charge is 2.15. The van der Waals surface area contributed by atoms with E-state index in [9.17, 15) is 14.4 Å². The quantitative estimate of drug-likeness (QED) is 0.171. The van der Waals surface area contributed by atoms with Crippen molar-refractivity contribution < 1.29 is 23.9 Å². The summed E-state index contributed by atoms with van der Waals surface area (Å²) in [5.74, 6) is -1.15. The molecule has 0 saturated carbocycles. The number of hydrogen-bond donors (Lipinski definition) is 3. The first-order valence-electron chi connectivity index (χ1n) is 11.3. The van der Waals surface area contributed by atoms with Gasteiger partial charge >= 0.3 is 11.8 Å². The number of hydrogen-bond acceptors (Lipinski definition) is 6. The third kappa shape index (κ3) is 9.40. The van der Waals surface area contributed by atoms with E-state index < -0.39 is 11.8 Å². The van der Waals surface area contributed by atoms with Gasteiger partial charge < -0.3 is 20.1 Å². The minimum Gasteiger partial charge on any atom is -0.490 e. The van der Waals surface area contributed by atoms with Crippen LogP contribution in [0.15, 0.2) is 39.9 Å². The minimum atomic E-state index is -0.851. The molecule has 2 aromatic carbocycles. The first-order valence-corrected chi connectivity index (χ1v) is 12.1. The summed E-state index contributed by atoms with van der Waals surface area (Å²) in [4.78, 5) is 35.9. The fourth-order valence-corrected chi connectivity index (χ4v) is 3.70. The number of aryl methyl sites for hydroxylation is 2. The molecule has 0 heterocycles. The fraction of sp³-hybridized carbons (Fsp3) is 0.360. The lowest BCUT2D eigenvalue weighted by Crippen LogP contribution is -2.38. The molecule has 0 aliphatic heterocycles. The van der Waals surface area contributed by atoms with E-state index in [2.05, 4.69) is 37.1 Å². The number of anilines is 1. The number of nitrogens with zero attached hydrogens (tertiary/aromatic N) is 1. The minimum absolute atomic E-state index is 0.220. The molecule has 2 rings (SSSR count). The van der Waals surface area contributed by atoms with Crippen LogP contribution in [-0.4, -0.2) is 43.7 Å². The molecule has 0 bridgehead atoms. The molecule has 0 aliphatic carbocycles. The van der Waals surface area contributed by atoms with E-state index in [4.69, 9.17) is 9.47 Å². The SMILES string of the molecule is CCCCNC(=O)C(=O)N/N=C\c1cc(Br)c(OCC(=O)Nc2cc(C)cc(C)c2)c(OCC)c1. The molecule has 188 valence electrons. The molecule has 0 atom stereocenters. The molecule has 2 aromatic rings. The summed E-state index contributed by atoms with van der Waals surface area (Å²) in [7, 11) is 0. The Hall–Kier alpha value is -3.40. The number of carbonyl (C=O) groups is 3. The zero-order chi connectivity index (χ0) is 25.8. The van der Waals surface area contributed by atoms with Crippen molar-refractivity contribution in [3.8, 4) is 11.5 Å². The highest BCUT2D eigenvalue weighted by molar-refractivity contribution is 9.10. The third-order valence-electron chi connectivity index (χ3n) is 4.59. The first kappa shape index (κ1) is 27.8. The summed E-state index contributed by atoms with van der Waals surface area (Å²) in [5.41, 5.74) is 5.58. The van der Waals surface area contributed by atoms with Crippen LogP contribution in [0.2, 0.25) is 0 Å². The molecular formula is C25H31BrN4O5. The first-order chi connectivity index (χ1) is 16.7. The van der Waals surface area contributed by atoms with E-state index in [1.165, 1.54) is 6.21 Å². The predicted molar refractivity (Wildman–Crippen MR) is 139 cm³/mol. The van der Waals surface area contributed by atoms with Gasteiger partial charge in [0.15, 0.2) is 18.1 Å². The fourth-order valence-electron chi connectivity index (χ4n) is 3.12. The maximum Gasteiger partial charge on any atom is 0.329 e. The number of hydrazone groups is 1. The number of rotatable bonds is 11. The van der Waals surface area contributed by atoms with Crippen LogP contribution in [0.3, 0.4) is 0 Å². The average molecular weight is 547 g/mol. The highest BCUT2D eigenvalue weighted by atomic mass is 79.9. The van der Waals surface area contributed by atoms with E-state index >= 15 is 0 Å². The molecule has 0 aromatic heterocycles. The molecule has 0 unspecified atom stereocenters. The van der Waals surface area contributed by atoms with Crippen molar-refractivity contribution in [3.63, 3.8) is 0 Å². The lowest BCUT2D eigenvalue weighted by atomic mass is 10.1. The van der Waals surface area contributed by atoms with E-state index in [0.717, 1.165) is 24.0 Å². The van der Waals surface area contributed by atoms with E-state index in [-0.39, 0.29) is 12.5 Å². The largest absolute Gasteiger partial charge is 0.490 e. The van der Waals surface area contributed by atoms with Gasteiger partial charge in [-0.2, -0.15) is 5.10 Å². The van der Waals surface area contributed by atoms with Gasteiger partial charge in [-0.15, -0.1) is 0 Å². The van der Waals surface area contributed by atoms with Crippen molar-refractivity contribution in [3.05, 3.63) is 51.5 Å². The average Bonchev–Trinajstić information content (AvgIpc) is 2.78. The van der Waals surface area contributed by atoms with Gasteiger partial charge in [0.1, 0.15) is 0 Å². The zero-order valence-electron chi connectivity index (χ0n) is 20.4. The number of halogens is 1.